The second kappa shape index (κ2) is 7.47. The number of hydrogen-bond donors (Lipinski definition) is 1. The number of nitrogen functional groups attached to an aromatic ring is 1. The first-order chi connectivity index (χ1) is 14.2. The van der Waals surface area contributed by atoms with E-state index in [1.165, 1.54) is 23.3 Å². The maximum absolute atomic E-state index is 12.8. The van der Waals surface area contributed by atoms with E-state index >= 15 is 0 Å². The molecule has 4 aromatic rings. The SMILES string of the molecule is COCCS(=O)c1sc2nc(-c3cnc4cnccn34)cc(C3CCC3)c2c1N. The quantitative estimate of drug-likeness (QED) is 0.505. The van der Waals surface area contributed by atoms with Gasteiger partial charge in [-0.3, -0.25) is 13.6 Å². The van der Waals surface area contributed by atoms with Gasteiger partial charge in [0.2, 0.25) is 0 Å². The summed E-state index contributed by atoms with van der Waals surface area (Å²) >= 11 is 1.43. The number of hydrogen-bond acceptors (Lipinski definition) is 7. The molecule has 1 aliphatic rings. The Balaban J connectivity index is 1.70. The Morgan fingerprint density at radius 2 is 2.24 bits per heavy atom. The monoisotopic (exact) mass is 427 g/mol. The summed E-state index contributed by atoms with van der Waals surface area (Å²) in [6, 6.07) is 2.14. The Kier molecular flexibility index (Phi) is 4.81. The minimum Gasteiger partial charge on any atom is -0.396 e. The zero-order valence-electron chi connectivity index (χ0n) is 16.0. The highest BCUT2D eigenvalue weighted by Crippen LogP contribution is 2.46. The average molecular weight is 428 g/mol. The molecule has 0 bridgehead atoms. The number of thiophene rings is 1. The molecule has 0 aliphatic heterocycles. The molecule has 150 valence electrons. The summed E-state index contributed by atoms with van der Waals surface area (Å²) in [5.41, 5.74) is 10.9. The molecular weight excluding hydrogens is 406 g/mol. The van der Waals surface area contributed by atoms with E-state index in [-0.39, 0.29) is 0 Å². The van der Waals surface area contributed by atoms with Gasteiger partial charge in [-0.05, 0) is 30.4 Å². The molecule has 1 aliphatic carbocycles. The van der Waals surface area contributed by atoms with Crippen LogP contribution in [0.2, 0.25) is 0 Å². The van der Waals surface area contributed by atoms with Gasteiger partial charge < -0.3 is 10.5 Å². The Hall–Kier alpha value is -2.36. The lowest BCUT2D eigenvalue weighted by Crippen LogP contribution is -2.10. The van der Waals surface area contributed by atoms with Crippen LogP contribution in [0.4, 0.5) is 5.69 Å². The van der Waals surface area contributed by atoms with Gasteiger partial charge in [0.1, 0.15) is 9.04 Å². The van der Waals surface area contributed by atoms with Gasteiger partial charge in [-0.15, -0.1) is 11.3 Å². The van der Waals surface area contributed by atoms with Crippen LogP contribution in [-0.2, 0) is 15.5 Å². The maximum Gasteiger partial charge on any atom is 0.155 e. The van der Waals surface area contributed by atoms with Crippen LogP contribution in [0.25, 0.3) is 27.3 Å². The lowest BCUT2D eigenvalue weighted by Gasteiger charge is -2.27. The van der Waals surface area contributed by atoms with E-state index in [4.69, 9.17) is 15.5 Å². The molecule has 0 amide bonds. The summed E-state index contributed by atoms with van der Waals surface area (Å²) < 4.78 is 20.5. The number of ether oxygens (including phenoxy) is 1. The molecule has 0 radical (unpaired) electrons. The predicted octanol–water partition coefficient (Wildman–Crippen LogP) is 3.61. The first-order valence-electron chi connectivity index (χ1n) is 9.55. The molecule has 9 heteroatoms. The van der Waals surface area contributed by atoms with Crippen molar-refractivity contribution in [3.63, 3.8) is 0 Å². The number of imidazole rings is 1. The fourth-order valence-electron chi connectivity index (χ4n) is 3.75. The fourth-order valence-corrected chi connectivity index (χ4v) is 6.33. The summed E-state index contributed by atoms with van der Waals surface area (Å²) in [5.74, 6) is 0.900. The van der Waals surface area contributed by atoms with E-state index in [1.807, 2.05) is 16.8 Å². The van der Waals surface area contributed by atoms with Crippen molar-refractivity contribution in [2.24, 2.45) is 0 Å². The summed E-state index contributed by atoms with van der Waals surface area (Å²) in [6.45, 7) is 0.435. The normalized spacial score (nSPS) is 15.8. The van der Waals surface area contributed by atoms with E-state index in [9.17, 15) is 4.21 Å². The predicted molar refractivity (Wildman–Crippen MR) is 116 cm³/mol. The fraction of sp³-hybridized carbons (Fsp3) is 0.350. The van der Waals surface area contributed by atoms with E-state index in [0.29, 0.717) is 28.2 Å². The van der Waals surface area contributed by atoms with Crippen molar-refractivity contribution in [1.82, 2.24) is 19.4 Å². The van der Waals surface area contributed by atoms with Crippen LogP contribution in [-0.4, -0.2) is 43.0 Å². The number of nitrogens with two attached hydrogens (primary N) is 1. The number of pyridine rings is 1. The van der Waals surface area contributed by atoms with Gasteiger partial charge in [0.05, 0.1) is 52.6 Å². The molecule has 4 aromatic heterocycles. The highest BCUT2D eigenvalue weighted by atomic mass is 32.2. The van der Waals surface area contributed by atoms with Crippen LogP contribution in [0.3, 0.4) is 0 Å². The molecular formula is C20H21N5O2S2. The van der Waals surface area contributed by atoms with Gasteiger partial charge >= 0.3 is 0 Å². The molecule has 1 unspecified atom stereocenters. The Morgan fingerprint density at radius 3 is 3.00 bits per heavy atom. The number of fused-ring (bicyclic) bond motifs is 2. The number of nitrogens with zero attached hydrogens (tertiary/aromatic N) is 4. The van der Waals surface area contributed by atoms with Gasteiger partial charge in [0.15, 0.2) is 5.65 Å². The van der Waals surface area contributed by atoms with Crippen molar-refractivity contribution in [2.75, 3.05) is 25.2 Å². The van der Waals surface area contributed by atoms with Crippen molar-refractivity contribution in [3.8, 4) is 11.4 Å². The van der Waals surface area contributed by atoms with Crippen LogP contribution < -0.4 is 5.73 Å². The van der Waals surface area contributed by atoms with E-state index < -0.39 is 10.8 Å². The number of anilines is 1. The zero-order valence-corrected chi connectivity index (χ0v) is 17.6. The maximum atomic E-state index is 12.8. The molecule has 1 atom stereocenters. The number of aromatic nitrogens is 4. The van der Waals surface area contributed by atoms with E-state index in [1.54, 1.807) is 19.5 Å². The third-order valence-corrected chi connectivity index (χ3v) is 8.37. The Labute approximate surface area is 174 Å². The minimum absolute atomic E-state index is 0.430. The molecule has 5 rings (SSSR count). The van der Waals surface area contributed by atoms with Crippen LogP contribution in [0, 0.1) is 0 Å². The van der Waals surface area contributed by atoms with Crippen molar-refractivity contribution >= 4 is 43.7 Å². The Morgan fingerprint density at radius 1 is 1.38 bits per heavy atom. The van der Waals surface area contributed by atoms with E-state index in [0.717, 1.165) is 40.1 Å². The lowest BCUT2D eigenvalue weighted by atomic mass is 9.79. The van der Waals surface area contributed by atoms with Crippen molar-refractivity contribution < 1.29 is 8.95 Å². The van der Waals surface area contributed by atoms with Gasteiger partial charge in [-0.25, -0.2) is 9.97 Å². The number of rotatable bonds is 6. The van der Waals surface area contributed by atoms with Crippen LogP contribution >= 0.6 is 11.3 Å². The van der Waals surface area contributed by atoms with Crippen LogP contribution in [0.1, 0.15) is 30.7 Å². The first kappa shape index (κ1) is 18.7. The molecule has 1 saturated carbocycles. The lowest BCUT2D eigenvalue weighted by molar-refractivity contribution is 0.218. The molecule has 4 heterocycles. The smallest absolute Gasteiger partial charge is 0.155 e. The molecule has 7 nitrogen and oxygen atoms in total. The zero-order chi connectivity index (χ0) is 20.0. The second-order valence-electron chi connectivity index (χ2n) is 7.20. The molecule has 0 aromatic carbocycles. The average Bonchev–Trinajstić information content (AvgIpc) is 3.26. The topological polar surface area (TPSA) is 95.4 Å². The van der Waals surface area contributed by atoms with Crippen LogP contribution in [0.15, 0.2) is 35.1 Å². The second-order valence-corrected chi connectivity index (χ2v) is 9.96. The largest absolute Gasteiger partial charge is 0.396 e. The molecule has 0 spiro atoms. The molecule has 2 N–H and O–H groups in total. The van der Waals surface area contributed by atoms with Crippen molar-refractivity contribution in [1.29, 1.82) is 0 Å². The summed E-state index contributed by atoms with van der Waals surface area (Å²) in [4.78, 5) is 14.3. The van der Waals surface area contributed by atoms with Crippen molar-refractivity contribution in [2.45, 2.75) is 29.4 Å². The Bertz CT molecular complexity index is 1230. The first-order valence-corrected chi connectivity index (χ1v) is 11.7. The number of methoxy groups -OCH3 is 1. The standard InChI is InChI=1S/C20H21N5O2S2/c1-27-7-8-29(26)20-18(21)17-13(12-3-2-4-12)9-14(24-19(17)28-20)15-10-23-16-11-22-5-6-25(15)16/h5-6,9-12H,2-4,7-8,21H2,1H3. The summed E-state index contributed by atoms with van der Waals surface area (Å²) in [5, 5.41) is 0.972. The molecule has 0 saturated heterocycles. The highest BCUT2D eigenvalue weighted by molar-refractivity contribution is 7.87. The van der Waals surface area contributed by atoms with Gasteiger partial charge in [-0.1, -0.05) is 6.42 Å². The van der Waals surface area contributed by atoms with Crippen LogP contribution in [0.5, 0.6) is 0 Å². The van der Waals surface area contributed by atoms with Gasteiger partial charge in [-0.2, -0.15) is 0 Å². The van der Waals surface area contributed by atoms with Gasteiger partial charge in [0.25, 0.3) is 0 Å². The summed E-state index contributed by atoms with van der Waals surface area (Å²) in [6.07, 6.45) is 10.7. The molecule has 29 heavy (non-hydrogen) atoms. The van der Waals surface area contributed by atoms with Crippen molar-refractivity contribution in [3.05, 3.63) is 36.4 Å². The third-order valence-electron chi connectivity index (χ3n) is 5.50. The highest BCUT2D eigenvalue weighted by Gasteiger charge is 2.27. The molecule has 1 fully saturated rings. The third kappa shape index (κ3) is 3.13. The van der Waals surface area contributed by atoms with E-state index in [2.05, 4.69) is 16.0 Å². The van der Waals surface area contributed by atoms with Gasteiger partial charge in [0, 0.05) is 24.9 Å². The minimum atomic E-state index is -1.20. The summed E-state index contributed by atoms with van der Waals surface area (Å²) in [7, 11) is 0.415.